The third kappa shape index (κ3) is 44.3. The van der Waals surface area contributed by atoms with Crippen molar-refractivity contribution in [3.8, 4) is 0 Å². The zero-order chi connectivity index (χ0) is 45.6. The second kappa shape index (κ2) is 48.0. The van der Waals surface area contributed by atoms with Gasteiger partial charge in [-0.05, 0) is 116 Å². The first-order valence-electron chi connectivity index (χ1n) is 26.6. The van der Waals surface area contributed by atoms with Crippen molar-refractivity contribution in [3.63, 3.8) is 0 Å². The zero-order valence-corrected chi connectivity index (χ0v) is 43.6. The number of carbonyl (C=O) groups is 3. The van der Waals surface area contributed by atoms with Gasteiger partial charge in [-0.15, -0.1) is 0 Å². The van der Waals surface area contributed by atoms with Crippen molar-refractivity contribution in [2.75, 3.05) is 43.7 Å². The van der Waals surface area contributed by atoms with Gasteiger partial charge in [-0.2, -0.15) is 23.5 Å². The highest BCUT2D eigenvalue weighted by Gasteiger charge is 2.19. The van der Waals surface area contributed by atoms with E-state index in [0.717, 1.165) is 126 Å². The van der Waals surface area contributed by atoms with Crippen LogP contribution in [0.15, 0.2) is 0 Å². The van der Waals surface area contributed by atoms with Crippen molar-refractivity contribution in [2.24, 2.45) is 0 Å². The molecule has 2 unspecified atom stereocenters. The first-order chi connectivity index (χ1) is 30.2. The number of hydrogen-bond acceptors (Lipinski definition) is 9. The number of carbonyl (C=O) groups excluding carboxylic acids is 3. The molecule has 7 nitrogen and oxygen atoms in total. The molecule has 0 aromatic rings. The Morgan fingerprint density at radius 2 is 0.661 bits per heavy atom. The van der Waals surface area contributed by atoms with E-state index in [4.69, 9.17) is 14.2 Å². The van der Waals surface area contributed by atoms with Gasteiger partial charge in [0.15, 0.2) is 0 Å². The highest BCUT2D eigenvalue weighted by atomic mass is 32.2. The number of ether oxygens (including phenoxy) is 3. The summed E-state index contributed by atoms with van der Waals surface area (Å²) in [5, 5.41) is 0. The largest absolute Gasteiger partial charge is 0.462 e. The number of hydrogen-bond donors (Lipinski definition) is 0. The SMILES string of the molecule is CCCCCCCCCC(=O)OC(CCCCCC(CCCCCC(CSCCCCCC)OC(=O)CCCCCCCCC)OC(=O)CCCN(C)C)CSCCCCCC. The van der Waals surface area contributed by atoms with Crippen LogP contribution < -0.4 is 0 Å². The van der Waals surface area contributed by atoms with Gasteiger partial charge in [0.2, 0.25) is 0 Å². The van der Waals surface area contributed by atoms with Gasteiger partial charge in [-0.3, -0.25) is 14.4 Å². The molecule has 0 aliphatic heterocycles. The second-order valence-corrected chi connectivity index (χ2v) is 20.8. The standard InChI is InChI=1S/C53H103NO6S2/c1-7-11-15-19-21-23-31-40-51(55)59-49(46-61-44-33-17-13-9-3)38-29-25-27-36-48(58-53(57)42-35-43-54(5)6)37-28-26-30-39-50(47-62-45-34-18-14-10-4)60-52(56)41-32-24-22-20-16-12-8-2/h48-50H,7-47H2,1-6H3. The third-order valence-corrected chi connectivity index (χ3v) is 14.2. The van der Waals surface area contributed by atoms with Crippen LogP contribution in [0.2, 0.25) is 0 Å². The summed E-state index contributed by atoms with van der Waals surface area (Å²) in [4.78, 5) is 40.7. The summed E-state index contributed by atoms with van der Waals surface area (Å²) in [5.74, 6) is 3.92. The van der Waals surface area contributed by atoms with Crippen molar-refractivity contribution >= 4 is 41.4 Å². The van der Waals surface area contributed by atoms with Crippen molar-refractivity contribution in [1.82, 2.24) is 4.90 Å². The monoisotopic (exact) mass is 914 g/mol. The maximum absolute atomic E-state index is 12.9. The molecule has 62 heavy (non-hydrogen) atoms. The normalized spacial score (nSPS) is 13.0. The molecule has 0 amide bonds. The molecule has 0 fully saturated rings. The zero-order valence-electron chi connectivity index (χ0n) is 41.9. The van der Waals surface area contributed by atoms with E-state index in [9.17, 15) is 14.4 Å². The average Bonchev–Trinajstić information content (AvgIpc) is 3.24. The van der Waals surface area contributed by atoms with Crippen LogP contribution >= 0.6 is 23.5 Å². The second-order valence-electron chi connectivity index (χ2n) is 18.5. The lowest BCUT2D eigenvalue weighted by atomic mass is 10.0. The van der Waals surface area contributed by atoms with Crippen LogP contribution in [0.3, 0.4) is 0 Å². The van der Waals surface area contributed by atoms with E-state index in [0.29, 0.717) is 19.3 Å². The lowest BCUT2D eigenvalue weighted by Gasteiger charge is -2.20. The first-order valence-corrected chi connectivity index (χ1v) is 28.9. The molecule has 0 aliphatic rings. The number of rotatable bonds is 49. The molecule has 0 spiro atoms. The minimum atomic E-state index is -0.0790. The van der Waals surface area contributed by atoms with Crippen LogP contribution in [0, 0.1) is 0 Å². The van der Waals surface area contributed by atoms with Crippen LogP contribution in [-0.2, 0) is 28.6 Å². The van der Waals surface area contributed by atoms with E-state index in [1.165, 1.54) is 116 Å². The van der Waals surface area contributed by atoms with Crippen molar-refractivity contribution in [3.05, 3.63) is 0 Å². The fraction of sp³-hybridized carbons (Fsp3) is 0.943. The van der Waals surface area contributed by atoms with Crippen LogP contribution in [0.4, 0.5) is 0 Å². The summed E-state index contributed by atoms with van der Waals surface area (Å²) in [6, 6.07) is 0. The molecule has 0 heterocycles. The lowest BCUT2D eigenvalue weighted by molar-refractivity contribution is -0.150. The van der Waals surface area contributed by atoms with Crippen LogP contribution in [0.5, 0.6) is 0 Å². The summed E-state index contributed by atoms with van der Waals surface area (Å²) < 4.78 is 18.3. The van der Waals surface area contributed by atoms with Gasteiger partial charge >= 0.3 is 17.9 Å². The lowest BCUT2D eigenvalue weighted by Crippen LogP contribution is -2.22. The maximum atomic E-state index is 12.9. The number of esters is 3. The van der Waals surface area contributed by atoms with Gasteiger partial charge in [0.05, 0.1) is 0 Å². The molecule has 0 aromatic carbocycles. The predicted molar refractivity (Wildman–Crippen MR) is 272 cm³/mol. The Labute approximate surface area is 394 Å². The molecule has 0 bridgehead atoms. The molecule has 0 rings (SSSR count). The summed E-state index contributed by atoms with van der Waals surface area (Å²) in [6.45, 7) is 9.87. The molecule has 0 radical (unpaired) electrons. The third-order valence-electron chi connectivity index (χ3n) is 11.8. The Morgan fingerprint density at radius 3 is 1.03 bits per heavy atom. The van der Waals surface area contributed by atoms with Gasteiger partial charge in [0, 0.05) is 30.8 Å². The van der Waals surface area contributed by atoms with Gasteiger partial charge < -0.3 is 19.1 Å². The smallest absolute Gasteiger partial charge is 0.306 e. The molecule has 0 aromatic heterocycles. The van der Waals surface area contributed by atoms with Crippen LogP contribution in [0.25, 0.3) is 0 Å². The topological polar surface area (TPSA) is 82.1 Å². The fourth-order valence-corrected chi connectivity index (χ4v) is 10.0. The van der Waals surface area contributed by atoms with E-state index in [2.05, 4.69) is 32.6 Å². The summed E-state index contributed by atoms with van der Waals surface area (Å²) in [7, 11) is 4.08. The summed E-state index contributed by atoms with van der Waals surface area (Å²) in [6.07, 6.45) is 38.9. The summed E-state index contributed by atoms with van der Waals surface area (Å²) in [5.41, 5.74) is 0. The Balaban J connectivity index is 5.07. The Hall–Kier alpha value is -0.930. The van der Waals surface area contributed by atoms with Crippen LogP contribution in [-0.4, -0.2) is 84.8 Å². The van der Waals surface area contributed by atoms with Gasteiger partial charge in [-0.25, -0.2) is 0 Å². The van der Waals surface area contributed by atoms with Crippen LogP contribution in [0.1, 0.15) is 259 Å². The van der Waals surface area contributed by atoms with E-state index < -0.39 is 0 Å². The number of nitrogens with zero attached hydrogens (tertiary/aromatic N) is 1. The maximum Gasteiger partial charge on any atom is 0.306 e. The van der Waals surface area contributed by atoms with Crippen molar-refractivity contribution in [1.29, 1.82) is 0 Å². The van der Waals surface area contributed by atoms with Crippen molar-refractivity contribution in [2.45, 2.75) is 277 Å². The molecule has 9 heteroatoms. The van der Waals surface area contributed by atoms with E-state index >= 15 is 0 Å². The van der Waals surface area contributed by atoms with E-state index in [1.807, 2.05) is 37.6 Å². The van der Waals surface area contributed by atoms with E-state index in [-0.39, 0.29) is 36.2 Å². The van der Waals surface area contributed by atoms with E-state index in [1.54, 1.807) is 0 Å². The number of thioether (sulfide) groups is 2. The minimum absolute atomic E-state index is 0.0172. The molecule has 0 saturated heterocycles. The minimum Gasteiger partial charge on any atom is -0.462 e. The highest BCUT2D eigenvalue weighted by Crippen LogP contribution is 2.22. The molecule has 0 aliphatic carbocycles. The molecular formula is C53H103NO6S2. The van der Waals surface area contributed by atoms with Crippen molar-refractivity contribution < 1.29 is 28.6 Å². The fourth-order valence-electron chi connectivity index (χ4n) is 7.87. The van der Waals surface area contributed by atoms with Gasteiger partial charge in [-0.1, -0.05) is 156 Å². The summed E-state index contributed by atoms with van der Waals surface area (Å²) >= 11 is 3.89. The molecule has 2 atom stereocenters. The predicted octanol–water partition coefficient (Wildman–Crippen LogP) is 15.9. The molecule has 0 N–H and O–H groups in total. The quantitative estimate of drug-likeness (QED) is 0.0337. The molecule has 368 valence electrons. The van der Waals surface area contributed by atoms with Gasteiger partial charge in [0.25, 0.3) is 0 Å². The Kier molecular flexibility index (Phi) is 47.3. The molecule has 0 saturated carbocycles. The number of unbranched alkanes of at least 4 members (excludes halogenated alkanes) is 22. The average molecular weight is 915 g/mol. The van der Waals surface area contributed by atoms with Gasteiger partial charge in [0.1, 0.15) is 18.3 Å². The Morgan fingerprint density at radius 1 is 0.371 bits per heavy atom. The Bertz CT molecular complexity index is 922. The first kappa shape index (κ1) is 61.1. The highest BCUT2D eigenvalue weighted by molar-refractivity contribution is 7.99. The molecular weight excluding hydrogens is 811 g/mol.